The normalized spacial score (nSPS) is 11.8. The van der Waals surface area contributed by atoms with Gasteiger partial charge in [-0.15, -0.1) is 0 Å². The second-order valence-electron chi connectivity index (χ2n) is 7.78. The van der Waals surface area contributed by atoms with Crippen LogP contribution in [0.3, 0.4) is 0 Å². The van der Waals surface area contributed by atoms with Crippen molar-refractivity contribution in [2.24, 2.45) is 0 Å². The van der Waals surface area contributed by atoms with Crippen molar-refractivity contribution in [1.82, 2.24) is 9.55 Å². The Morgan fingerprint density at radius 1 is 0.818 bits per heavy atom. The molecule has 0 aliphatic carbocycles. The molecule has 0 aliphatic rings. The Balaban J connectivity index is 1.24. The number of hydrogen-bond acceptors (Lipinski definition) is 5. The molecule has 0 aliphatic heterocycles. The van der Waals surface area contributed by atoms with E-state index in [-0.39, 0.29) is 18.1 Å². The molecule has 33 heavy (non-hydrogen) atoms. The summed E-state index contributed by atoms with van der Waals surface area (Å²) in [4.78, 5) is 4.72. The van der Waals surface area contributed by atoms with Crippen LogP contribution in [0.2, 0.25) is 0 Å². The highest BCUT2D eigenvalue weighted by Gasteiger charge is 2.14. The van der Waals surface area contributed by atoms with Gasteiger partial charge in [0.15, 0.2) is 0 Å². The van der Waals surface area contributed by atoms with Gasteiger partial charge in [0.2, 0.25) is 0 Å². The van der Waals surface area contributed by atoms with Crippen LogP contribution in [-0.2, 0) is 14.3 Å². The summed E-state index contributed by atoms with van der Waals surface area (Å²) in [5, 5.41) is 4.29. The zero-order valence-corrected chi connectivity index (χ0v) is 18.8. The van der Waals surface area contributed by atoms with Gasteiger partial charge < -0.3 is 9.30 Å². The first kappa shape index (κ1) is 21.2. The maximum absolute atomic E-state index is 12.2. The first-order valence-electron chi connectivity index (χ1n) is 10.5. The zero-order chi connectivity index (χ0) is 22.8. The molecular weight excluding hydrogens is 436 g/mol. The molecule has 2 aromatic heterocycles. The van der Waals surface area contributed by atoms with Crippen molar-refractivity contribution in [2.75, 3.05) is 13.2 Å². The maximum atomic E-state index is 12.2. The van der Waals surface area contributed by atoms with E-state index in [0.29, 0.717) is 5.75 Å². The van der Waals surface area contributed by atoms with Crippen LogP contribution in [0.25, 0.3) is 27.4 Å². The van der Waals surface area contributed by atoms with Gasteiger partial charge in [-0.2, -0.15) is 8.42 Å². The summed E-state index contributed by atoms with van der Waals surface area (Å²) < 4.78 is 37.3. The second kappa shape index (κ2) is 8.69. The number of ether oxygens (including phenoxy) is 1. The lowest BCUT2D eigenvalue weighted by Crippen LogP contribution is -2.13. The van der Waals surface area contributed by atoms with Crippen molar-refractivity contribution in [2.45, 2.75) is 11.8 Å². The molecule has 0 fully saturated rings. The summed E-state index contributed by atoms with van der Waals surface area (Å²) in [6.45, 7) is 1.93. The summed E-state index contributed by atoms with van der Waals surface area (Å²) in [6.07, 6.45) is 5.93. The van der Waals surface area contributed by atoms with Gasteiger partial charge in [-0.1, -0.05) is 48.0 Å². The molecule has 3 aromatic carbocycles. The number of pyridine rings is 1. The van der Waals surface area contributed by atoms with Crippen molar-refractivity contribution in [3.8, 4) is 11.6 Å². The quantitative estimate of drug-likeness (QED) is 0.245. The third kappa shape index (κ3) is 4.60. The van der Waals surface area contributed by atoms with Crippen molar-refractivity contribution >= 4 is 31.7 Å². The van der Waals surface area contributed by atoms with Gasteiger partial charge in [0.05, 0.1) is 4.90 Å². The number of aryl methyl sites for hydroxylation is 1. The van der Waals surface area contributed by atoms with Crippen LogP contribution in [0.15, 0.2) is 96.3 Å². The fraction of sp³-hybridized carbons (Fsp3) is 0.115. The lowest BCUT2D eigenvalue weighted by atomic mass is 10.1. The Labute approximate surface area is 192 Å². The molecule has 0 amide bonds. The Kier molecular flexibility index (Phi) is 5.58. The smallest absolute Gasteiger partial charge is 0.297 e. The fourth-order valence-electron chi connectivity index (χ4n) is 3.63. The minimum absolute atomic E-state index is 0.0768. The Hall–Kier alpha value is -3.68. The first-order valence-corrected chi connectivity index (χ1v) is 11.9. The first-order chi connectivity index (χ1) is 16.0. The van der Waals surface area contributed by atoms with E-state index in [4.69, 9.17) is 8.92 Å². The summed E-state index contributed by atoms with van der Waals surface area (Å²) in [7, 11) is -3.80. The highest BCUT2D eigenvalue weighted by molar-refractivity contribution is 7.86. The Morgan fingerprint density at radius 2 is 1.55 bits per heavy atom. The van der Waals surface area contributed by atoms with E-state index in [9.17, 15) is 8.42 Å². The maximum Gasteiger partial charge on any atom is 0.297 e. The minimum atomic E-state index is -3.80. The van der Waals surface area contributed by atoms with Crippen molar-refractivity contribution < 1.29 is 17.3 Å². The molecule has 7 heteroatoms. The van der Waals surface area contributed by atoms with Gasteiger partial charge in [0.25, 0.3) is 10.1 Å². The van der Waals surface area contributed by atoms with E-state index in [1.165, 1.54) is 12.1 Å². The molecule has 0 unspecified atom stereocenters. The topological polar surface area (TPSA) is 70.4 Å². The fourth-order valence-corrected chi connectivity index (χ4v) is 4.52. The average Bonchev–Trinajstić information content (AvgIpc) is 3.26. The van der Waals surface area contributed by atoms with Crippen LogP contribution in [0.5, 0.6) is 5.75 Å². The van der Waals surface area contributed by atoms with Crippen LogP contribution in [0, 0.1) is 6.92 Å². The van der Waals surface area contributed by atoms with E-state index in [1.54, 1.807) is 18.3 Å². The SMILES string of the molecule is Cc1ccc(S(=O)(=O)OCCOc2ccc3cc(-n4cc5ccccc5c4)ncc3c2)cc1. The second-order valence-corrected chi connectivity index (χ2v) is 9.40. The van der Waals surface area contributed by atoms with Gasteiger partial charge in [0, 0.05) is 24.0 Å². The van der Waals surface area contributed by atoms with Crippen molar-refractivity contribution in [3.05, 3.63) is 97.0 Å². The van der Waals surface area contributed by atoms with Crippen LogP contribution in [-0.4, -0.2) is 31.2 Å². The van der Waals surface area contributed by atoms with Crippen LogP contribution < -0.4 is 4.74 Å². The van der Waals surface area contributed by atoms with Gasteiger partial charge in [-0.3, -0.25) is 4.18 Å². The van der Waals surface area contributed by atoms with Gasteiger partial charge in [-0.05, 0) is 53.4 Å². The average molecular weight is 459 g/mol. The molecule has 6 nitrogen and oxygen atoms in total. The number of rotatable bonds is 7. The molecule has 0 spiro atoms. The van der Waals surface area contributed by atoms with E-state index >= 15 is 0 Å². The Morgan fingerprint density at radius 3 is 2.27 bits per heavy atom. The Bertz CT molecular complexity index is 1510. The van der Waals surface area contributed by atoms with Gasteiger partial charge in [-0.25, -0.2) is 4.98 Å². The molecule has 0 N–H and O–H groups in total. The largest absolute Gasteiger partial charge is 0.491 e. The molecule has 0 radical (unpaired) electrons. The number of benzene rings is 3. The van der Waals surface area contributed by atoms with Crippen molar-refractivity contribution in [3.63, 3.8) is 0 Å². The van der Waals surface area contributed by atoms with Crippen LogP contribution in [0.1, 0.15) is 5.56 Å². The number of fused-ring (bicyclic) bond motifs is 2. The van der Waals surface area contributed by atoms with E-state index in [1.807, 2.05) is 47.9 Å². The number of nitrogens with zero attached hydrogens (tertiary/aromatic N) is 2. The molecule has 166 valence electrons. The number of hydrogen-bond donors (Lipinski definition) is 0. The summed E-state index contributed by atoms with van der Waals surface area (Å²) in [5.41, 5.74) is 0.983. The molecule has 0 atom stereocenters. The zero-order valence-electron chi connectivity index (χ0n) is 18.0. The van der Waals surface area contributed by atoms with Crippen LogP contribution in [0.4, 0.5) is 0 Å². The summed E-state index contributed by atoms with van der Waals surface area (Å²) in [5.74, 6) is 1.46. The third-order valence-corrected chi connectivity index (χ3v) is 6.72. The van der Waals surface area contributed by atoms with Crippen molar-refractivity contribution in [1.29, 1.82) is 0 Å². The molecule has 0 saturated heterocycles. The third-order valence-electron chi connectivity index (χ3n) is 5.40. The summed E-state index contributed by atoms with van der Waals surface area (Å²) >= 11 is 0. The number of aromatic nitrogens is 2. The monoisotopic (exact) mass is 458 g/mol. The predicted octanol–water partition coefficient (Wildman–Crippen LogP) is 5.27. The molecule has 5 rings (SSSR count). The molecule has 5 aromatic rings. The lowest BCUT2D eigenvalue weighted by Gasteiger charge is -2.09. The van der Waals surface area contributed by atoms with Gasteiger partial charge >= 0.3 is 0 Å². The summed E-state index contributed by atoms with van der Waals surface area (Å²) in [6, 6.07) is 22.4. The molecule has 0 bridgehead atoms. The lowest BCUT2D eigenvalue weighted by molar-refractivity contribution is 0.221. The highest BCUT2D eigenvalue weighted by atomic mass is 32.2. The highest BCUT2D eigenvalue weighted by Crippen LogP contribution is 2.24. The van der Waals surface area contributed by atoms with E-state index < -0.39 is 10.1 Å². The minimum Gasteiger partial charge on any atom is -0.491 e. The predicted molar refractivity (Wildman–Crippen MR) is 128 cm³/mol. The van der Waals surface area contributed by atoms with Gasteiger partial charge in [0.1, 0.15) is 24.8 Å². The molecule has 2 heterocycles. The molecule has 0 saturated carbocycles. The van der Waals surface area contributed by atoms with Crippen LogP contribution >= 0.6 is 0 Å². The van der Waals surface area contributed by atoms with E-state index in [2.05, 4.69) is 29.5 Å². The molecular formula is C26H22N2O4S. The van der Waals surface area contributed by atoms with E-state index in [0.717, 1.165) is 32.9 Å². The standard InChI is InChI=1S/C26H22N2O4S/c1-19-6-10-25(11-7-19)33(29,30)32-13-12-31-24-9-8-20-15-26(27-16-23(20)14-24)28-17-21-4-2-3-5-22(21)18-28/h2-11,14-18H,12-13H2,1H3.